The van der Waals surface area contributed by atoms with E-state index < -0.39 is 0 Å². The van der Waals surface area contributed by atoms with Gasteiger partial charge in [-0.2, -0.15) is 0 Å². The third-order valence-electron chi connectivity index (χ3n) is 1.18. The molecule has 0 bridgehead atoms. The van der Waals surface area contributed by atoms with Crippen LogP contribution < -0.4 is 5.73 Å². The Morgan fingerprint density at radius 3 is 3.00 bits per heavy atom. The maximum Gasteiger partial charge on any atom is 0.151 e. The van der Waals surface area contributed by atoms with E-state index in [1.165, 1.54) is 6.20 Å². The fourth-order valence-corrected chi connectivity index (χ4v) is 0.778. The van der Waals surface area contributed by atoms with Crippen LogP contribution in [0.3, 0.4) is 0 Å². The van der Waals surface area contributed by atoms with Crippen LogP contribution in [-0.2, 0) is 0 Å². The largest absolute Gasteiger partial charge is 0.396 e. The number of anilines is 1. The molecule has 1 rings (SSSR count). The van der Waals surface area contributed by atoms with Crippen LogP contribution in [0, 0.1) is 11.8 Å². The van der Waals surface area contributed by atoms with E-state index in [1.54, 1.807) is 6.07 Å². The lowest BCUT2D eigenvalue weighted by atomic mass is 10.3. The molecule has 3 nitrogen and oxygen atoms in total. The van der Waals surface area contributed by atoms with Crippen molar-refractivity contribution in [3.8, 4) is 11.8 Å². The summed E-state index contributed by atoms with van der Waals surface area (Å²) in [6, 6.07) is 1.61. The van der Waals surface area contributed by atoms with Gasteiger partial charge in [0, 0.05) is 11.8 Å². The minimum absolute atomic E-state index is 0.178. The molecule has 0 fully saturated rings. The first-order chi connectivity index (χ1) is 5.74. The van der Waals surface area contributed by atoms with E-state index in [1.807, 2.05) is 0 Å². The Morgan fingerprint density at radius 1 is 1.67 bits per heavy atom. The molecule has 0 spiro atoms. The Hall–Kier alpha value is -1.24. The van der Waals surface area contributed by atoms with E-state index in [0.29, 0.717) is 11.3 Å². The van der Waals surface area contributed by atoms with E-state index in [0.717, 1.165) is 0 Å². The lowest BCUT2D eigenvalue weighted by Gasteiger charge is -1.95. The van der Waals surface area contributed by atoms with Crippen molar-refractivity contribution >= 4 is 17.3 Å². The number of aromatic nitrogens is 1. The van der Waals surface area contributed by atoms with Gasteiger partial charge in [-0.15, -0.1) is 0 Å². The van der Waals surface area contributed by atoms with Crippen LogP contribution in [0.25, 0.3) is 0 Å². The van der Waals surface area contributed by atoms with Crippen molar-refractivity contribution in [2.75, 3.05) is 12.3 Å². The highest BCUT2D eigenvalue weighted by molar-refractivity contribution is 6.31. The molecule has 1 aromatic heterocycles. The zero-order valence-corrected chi connectivity index (χ0v) is 6.97. The standard InChI is InChI=1S/C8H7ClN2O/c9-8-7(10)4-6(5-11-8)2-1-3-12/h4-5,12H,3,10H2. The molecule has 0 aliphatic heterocycles. The summed E-state index contributed by atoms with van der Waals surface area (Å²) in [6.07, 6.45) is 1.50. The maximum atomic E-state index is 8.40. The van der Waals surface area contributed by atoms with Gasteiger partial charge in [0.15, 0.2) is 5.15 Å². The topological polar surface area (TPSA) is 59.1 Å². The summed E-state index contributed by atoms with van der Waals surface area (Å²) in [6.45, 7) is -0.178. The van der Waals surface area contributed by atoms with Gasteiger partial charge < -0.3 is 10.8 Å². The number of halogens is 1. The minimum Gasteiger partial charge on any atom is -0.396 e. The molecule has 0 aromatic carbocycles. The molecule has 0 unspecified atom stereocenters. The van der Waals surface area contributed by atoms with Crippen molar-refractivity contribution < 1.29 is 5.11 Å². The SMILES string of the molecule is Nc1cc(C#CCO)cnc1Cl. The molecule has 0 saturated heterocycles. The molecule has 12 heavy (non-hydrogen) atoms. The molecule has 0 aliphatic rings. The Labute approximate surface area is 75.2 Å². The molecule has 0 saturated carbocycles. The molecule has 3 N–H and O–H groups in total. The first-order valence-corrected chi connectivity index (χ1v) is 3.62. The van der Waals surface area contributed by atoms with E-state index in [-0.39, 0.29) is 11.8 Å². The third-order valence-corrected chi connectivity index (χ3v) is 1.49. The molecule has 0 atom stereocenters. The van der Waals surface area contributed by atoms with Crippen LogP contribution in [-0.4, -0.2) is 16.7 Å². The molecule has 0 amide bonds. The molecule has 0 aliphatic carbocycles. The second-order valence-electron chi connectivity index (χ2n) is 2.06. The van der Waals surface area contributed by atoms with Crippen molar-refractivity contribution in [1.82, 2.24) is 4.98 Å². The van der Waals surface area contributed by atoms with E-state index in [9.17, 15) is 0 Å². The van der Waals surface area contributed by atoms with Crippen LogP contribution in [0.2, 0.25) is 5.15 Å². The number of hydrogen-bond donors (Lipinski definition) is 2. The van der Waals surface area contributed by atoms with E-state index >= 15 is 0 Å². The summed E-state index contributed by atoms with van der Waals surface area (Å²) in [5.74, 6) is 5.14. The lowest BCUT2D eigenvalue weighted by Crippen LogP contribution is -1.90. The van der Waals surface area contributed by atoms with Crippen molar-refractivity contribution in [3.63, 3.8) is 0 Å². The van der Waals surface area contributed by atoms with Gasteiger partial charge in [-0.25, -0.2) is 4.98 Å². The first kappa shape index (κ1) is 8.85. The monoisotopic (exact) mass is 182 g/mol. The molecule has 4 heteroatoms. The van der Waals surface area contributed by atoms with Gasteiger partial charge in [0.05, 0.1) is 5.69 Å². The van der Waals surface area contributed by atoms with Crippen molar-refractivity contribution in [3.05, 3.63) is 23.0 Å². The average molecular weight is 183 g/mol. The van der Waals surface area contributed by atoms with Crippen LogP contribution in [0.15, 0.2) is 12.3 Å². The predicted molar refractivity (Wildman–Crippen MR) is 47.6 cm³/mol. The molecular weight excluding hydrogens is 176 g/mol. The van der Waals surface area contributed by atoms with Gasteiger partial charge in [-0.05, 0) is 6.07 Å². The van der Waals surface area contributed by atoms with Crippen LogP contribution in [0.5, 0.6) is 0 Å². The van der Waals surface area contributed by atoms with Crippen LogP contribution in [0.4, 0.5) is 5.69 Å². The van der Waals surface area contributed by atoms with Gasteiger partial charge >= 0.3 is 0 Å². The first-order valence-electron chi connectivity index (χ1n) is 3.25. The Balaban J connectivity index is 2.97. The average Bonchev–Trinajstić information content (AvgIpc) is 2.07. The van der Waals surface area contributed by atoms with Gasteiger partial charge in [-0.1, -0.05) is 23.4 Å². The molecule has 0 radical (unpaired) electrons. The number of aliphatic hydroxyl groups is 1. The summed E-state index contributed by atoms with van der Waals surface area (Å²) in [4.78, 5) is 3.79. The summed E-state index contributed by atoms with van der Waals surface area (Å²) < 4.78 is 0. The summed E-state index contributed by atoms with van der Waals surface area (Å²) >= 11 is 5.58. The van der Waals surface area contributed by atoms with Crippen molar-refractivity contribution in [1.29, 1.82) is 0 Å². The third kappa shape index (κ3) is 2.12. The van der Waals surface area contributed by atoms with E-state index in [2.05, 4.69) is 16.8 Å². The Bertz CT molecular complexity index is 341. The molecule has 1 heterocycles. The lowest BCUT2D eigenvalue weighted by molar-refractivity contribution is 0.350. The predicted octanol–water partition coefficient (Wildman–Crippen LogP) is 0.661. The highest BCUT2D eigenvalue weighted by Gasteiger charge is 1.96. The second kappa shape index (κ2) is 3.96. The fraction of sp³-hybridized carbons (Fsp3) is 0.125. The molecule has 62 valence electrons. The summed E-state index contributed by atoms with van der Waals surface area (Å²) in [5.41, 5.74) is 6.50. The van der Waals surface area contributed by atoms with Crippen molar-refractivity contribution in [2.45, 2.75) is 0 Å². The Morgan fingerprint density at radius 2 is 2.42 bits per heavy atom. The second-order valence-corrected chi connectivity index (χ2v) is 2.42. The highest BCUT2D eigenvalue weighted by atomic mass is 35.5. The molecule has 1 aromatic rings. The number of nitrogens with two attached hydrogens (primary N) is 1. The van der Waals surface area contributed by atoms with Crippen molar-refractivity contribution in [2.24, 2.45) is 0 Å². The Kier molecular flexibility index (Phi) is 2.92. The zero-order chi connectivity index (χ0) is 8.97. The number of hydrogen-bond acceptors (Lipinski definition) is 3. The number of rotatable bonds is 0. The van der Waals surface area contributed by atoms with Gasteiger partial charge in [-0.3, -0.25) is 0 Å². The number of pyridine rings is 1. The van der Waals surface area contributed by atoms with Gasteiger partial charge in [0.25, 0.3) is 0 Å². The van der Waals surface area contributed by atoms with Gasteiger partial charge in [0.1, 0.15) is 6.61 Å². The number of nitrogens with zero attached hydrogens (tertiary/aromatic N) is 1. The smallest absolute Gasteiger partial charge is 0.151 e. The highest BCUT2D eigenvalue weighted by Crippen LogP contribution is 2.15. The minimum atomic E-state index is -0.178. The molecular formula is C8H7ClN2O. The summed E-state index contributed by atoms with van der Waals surface area (Å²) in [7, 11) is 0. The quantitative estimate of drug-likeness (QED) is 0.458. The van der Waals surface area contributed by atoms with Gasteiger partial charge in [0.2, 0.25) is 0 Å². The van der Waals surface area contributed by atoms with Crippen LogP contribution >= 0.6 is 11.6 Å². The normalized spacial score (nSPS) is 8.83. The fourth-order valence-electron chi connectivity index (χ4n) is 0.675. The maximum absolute atomic E-state index is 8.40. The van der Waals surface area contributed by atoms with Crippen LogP contribution in [0.1, 0.15) is 5.56 Å². The summed E-state index contributed by atoms with van der Waals surface area (Å²) in [5, 5.41) is 8.67. The van der Waals surface area contributed by atoms with E-state index in [4.69, 9.17) is 22.4 Å². The zero-order valence-electron chi connectivity index (χ0n) is 6.21. The number of aliphatic hydroxyl groups excluding tert-OH is 1. The number of nitrogen functional groups attached to an aromatic ring is 1.